The smallest absolute Gasteiger partial charge is 0.384 e. The van der Waals surface area contributed by atoms with Gasteiger partial charge < -0.3 is 10.4 Å². The van der Waals surface area contributed by atoms with Gasteiger partial charge in [0.05, 0.1) is 11.1 Å². The molecular formula is C20H17F6N3O. The van der Waals surface area contributed by atoms with Gasteiger partial charge in [0.25, 0.3) is 0 Å². The minimum atomic E-state index is -4.98. The summed E-state index contributed by atoms with van der Waals surface area (Å²) in [5.41, 5.74) is -3.20. The second-order valence-corrected chi connectivity index (χ2v) is 6.44. The molecule has 0 spiro atoms. The standard InChI is InChI=1S/C20H17F6N3O/c21-19(22,23)15-8-4-7-13-14(11-16(20(24,25)26)29-17(13)15)18(30)28-10-9-27-12-5-2-1-3-6-12/h1-8,11,18,27-28,30H,9-10H2. The van der Waals surface area contributed by atoms with Crippen LogP contribution in [0.25, 0.3) is 10.9 Å². The number of anilines is 1. The molecule has 4 nitrogen and oxygen atoms in total. The Bertz CT molecular complexity index is 1010. The number of alkyl halides is 6. The summed E-state index contributed by atoms with van der Waals surface area (Å²) in [6.07, 6.45) is -11.5. The summed E-state index contributed by atoms with van der Waals surface area (Å²) in [4.78, 5) is 3.20. The lowest BCUT2D eigenvalue weighted by Gasteiger charge is -2.19. The maximum absolute atomic E-state index is 13.3. The lowest BCUT2D eigenvalue weighted by molar-refractivity contribution is -0.142. The number of benzene rings is 2. The fraction of sp³-hybridized carbons (Fsp3) is 0.250. The molecule has 0 bridgehead atoms. The first-order valence-electron chi connectivity index (χ1n) is 8.86. The van der Waals surface area contributed by atoms with Crippen LogP contribution in [0.5, 0.6) is 0 Å². The largest absolute Gasteiger partial charge is 0.433 e. The van der Waals surface area contributed by atoms with E-state index < -0.39 is 35.4 Å². The van der Waals surface area contributed by atoms with Crippen LogP contribution in [0.2, 0.25) is 0 Å². The van der Waals surface area contributed by atoms with E-state index in [4.69, 9.17) is 0 Å². The van der Waals surface area contributed by atoms with E-state index in [-0.39, 0.29) is 17.5 Å². The Morgan fingerprint density at radius 3 is 2.20 bits per heavy atom. The number of nitrogens with one attached hydrogen (secondary N) is 2. The predicted octanol–water partition coefficient (Wildman–Crippen LogP) is 4.97. The van der Waals surface area contributed by atoms with Gasteiger partial charge in [0.15, 0.2) is 0 Å². The Morgan fingerprint density at radius 1 is 0.867 bits per heavy atom. The van der Waals surface area contributed by atoms with Gasteiger partial charge in [0, 0.05) is 29.7 Å². The Labute approximate surface area is 167 Å². The third-order valence-electron chi connectivity index (χ3n) is 4.33. The summed E-state index contributed by atoms with van der Waals surface area (Å²) in [5.74, 6) is 0. The molecule has 3 rings (SSSR count). The molecule has 1 aromatic heterocycles. The number of aliphatic hydroxyl groups is 1. The van der Waals surface area contributed by atoms with Crippen LogP contribution in [-0.4, -0.2) is 23.2 Å². The maximum Gasteiger partial charge on any atom is 0.433 e. The molecule has 0 saturated heterocycles. The second-order valence-electron chi connectivity index (χ2n) is 6.44. The molecule has 0 aliphatic carbocycles. The molecule has 0 aliphatic rings. The molecule has 1 unspecified atom stereocenters. The Hall–Kier alpha value is -2.85. The van der Waals surface area contributed by atoms with Gasteiger partial charge in [-0.15, -0.1) is 0 Å². The van der Waals surface area contributed by atoms with Crippen molar-refractivity contribution >= 4 is 16.6 Å². The van der Waals surface area contributed by atoms with Crippen molar-refractivity contribution in [3.05, 3.63) is 71.4 Å². The van der Waals surface area contributed by atoms with E-state index in [0.717, 1.165) is 11.8 Å². The van der Waals surface area contributed by atoms with Crippen molar-refractivity contribution < 1.29 is 31.4 Å². The zero-order valence-electron chi connectivity index (χ0n) is 15.3. The van der Waals surface area contributed by atoms with Crippen LogP contribution in [-0.2, 0) is 12.4 Å². The fourth-order valence-electron chi connectivity index (χ4n) is 2.96. The molecular weight excluding hydrogens is 412 g/mol. The van der Waals surface area contributed by atoms with E-state index in [0.29, 0.717) is 18.7 Å². The second kappa shape index (κ2) is 8.49. The van der Waals surface area contributed by atoms with Crippen molar-refractivity contribution in [1.29, 1.82) is 0 Å². The molecule has 3 N–H and O–H groups in total. The highest BCUT2D eigenvalue weighted by Gasteiger charge is 2.37. The lowest BCUT2D eigenvalue weighted by Crippen LogP contribution is -2.27. The van der Waals surface area contributed by atoms with E-state index >= 15 is 0 Å². The molecule has 0 aliphatic heterocycles. The molecule has 0 saturated carbocycles. The summed E-state index contributed by atoms with van der Waals surface area (Å²) >= 11 is 0. The van der Waals surface area contributed by atoms with Gasteiger partial charge in [-0.05, 0) is 24.3 Å². The van der Waals surface area contributed by atoms with E-state index in [1.165, 1.54) is 6.07 Å². The Balaban J connectivity index is 1.89. The fourth-order valence-corrected chi connectivity index (χ4v) is 2.96. The molecule has 3 aromatic rings. The number of hydrogen-bond donors (Lipinski definition) is 3. The van der Waals surface area contributed by atoms with Gasteiger partial charge in [0.1, 0.15) is 11.9 Å². The third-order valence-corrected chi connectivity index (χ3v) is 4.33. The zero-order chi connectivity index (χ0) is 21.9. The van der Waals surface area contributed by atoms with Crippen LogP contribution < -0.4 is 10.6 Å². The van der Waals surface area contributed by atoms with Crippen molar-refractivity contribution in [2.75, 3.05) is 18.4 Å². The molecule has 0 fully saturated rings. The number of fused-ring (bicyclic) bond motifs is 1. The SMILES string of the molecule is OC(NCCNc1ccccc1)c1cc(C(F)(F)F)nc2c(C(F)(F)F)cccc12. The quantitative estimate of drug-likeness (QED) is 0.294. The van der Waals surface area contributed by atoms with Crippen LogP contribution >= 0.6 is 0 Å². The summed E-state index contributed by atoms with van der Waals surface area (Å²) in [6.45, 7) is 0.463. The number of nitrogens with zero attached hydrogens (tertiary/aromatic N) is 1. The average Bonchev–Trinajstić information content (AvgIpc) is 2.69. The van der Waals surface area contributed by atoms with Gasteiger partial charge in [-0.3, -0.25) is 5.32 Å². The number of pyridine rings is 1. The first-order valence-corrected chi connectivity index (χ1v) is 8.86. The summed E-state index contributed by atoms with van der Waals surface area (Å²) in [5, 5.41) is 15.8. The van der Waals surface area contributed by atoms with E-state index in [1.807, 2.05) is 18.2 Å². The van der Waals surface area contributed by atoms with Crippen molar-refractivity contribution in [3.63, 3.8) is 0 Å². The van der Waals surface area contributed by atoms with Gasteiger partial charge in [-0.25, -0.2) is 4.98 Å². The molecule has 2 aromatic carbocycles. The summed E-state index contributed by atoms with van der Waals surface area (Å²) < 4.78 is 79.5. The first kappa shape index (κ1) is 21.8. The van der Waals surface area contributed by atoms with Crippen LogP contribution in [0.15, 0.2) is 54.6 Å². The normalized spacial score (nSPS) is 13.4. The number of halogens is 6. The zero-order valence-corrected chi connectivity index (χ0v) is 15.3. The highest BCUT2D eigenvalue weighted by atomic mass is 19.4. The van der Waals surface area contributed by atoms with Crippen LogP contribution in [0.3, 0.4) is 0 Å². The van der Waals surface area contributed by atoms with Gasteiger partial charge in [-0.1, -0.05) is 30.3 Å². The van der Waals surface area contributed by atoms with E-state index in [2.05, 4.69) is 15.6 Å². The Kier molecular flexibility index (Phi) is 6.18. The minimum absolute atomic E-state index is 0.139. The topological polar surface area (TPSA) is 57.2 Å². The molecule has 0 amide bonds. The molecule has 0 radical (unpaired) electrons. The summed E-state index contributed by atoms with van der Waals surface area (Å²) in [7, 11) is 0. The molecule has 1 heterocycles. The number of aromatic nitrogens is 1. The van der Waals surface area contributed by atoms with Crippen LogP contribution in [0.4, 0.5) is 32.0 Å². The van der Waals surface area contributed by atoms with Crippen molar-refractivity contribution in [2.24, 2.45) is 0 Å². The summed E-state index contributed by atoms with van der Waals surface area (Å²) in [6, 6.07) is 12.5. The number of para-hydroxylation sites is 2. The highest BCUT2D eigenvalue weighted by molar-refractivity contribution is 5.86. The minimum Gasteiger partial charge on any atom is -0.384 e. The Morgan fingerprint density at radius 2 is 1.57 bits per heavy atom. The lowest BCUT2D eigenvalue weighted by atomic mass is 10.0. The van der Waals surface area contributed by atoms with E-state index in [9.17, 15) is 31.4 Å². The third kappa shape index (κ3) is 5.00. The van der Waals surface area contributed by atoms with E-state index in [1.54, 1.807) is 12.1 Å². The average molecular weight is 429 g/mol. The molecule has 10 heteroatoms. The predicted molar refractivity (Wildman–Crippen MR) is 99.6 cm³/mol. The monoisotopic (exact) mass is 429 g/mol. The number of hydrogen-bond acceptors (Lipinski definition) is 4. The number of aliphatic hydroxyl groups excluding tert-OH is 1. The van der Waals surface area contributed by atoms with Crippen LogP contribution in [0, 0.1) is 0 Å². The van der Waals surface area contributed by atoms with Gasteiger partial charge >= 0.3 is 12.4 Å². The molecule has 30 heavy (non-hydrogen) atoms. The van der Waals surface area contributed by atoms with Crippen molar-refractivity contribution in [3.8, 4) is 0 Å². The van der Waals surface area contributed by atoms with Gasteiger partial charge in [0.2, 0.25) is 0 Å². The number of rotatable bonds is 6. The molecule has 1 atom stereocenters. The van der Waals surface area contributed by atoms with Crippen molar-refractivity contribution in [2.45, 2.75) is 18.6 Å². The first-order chi connectivity index (χ1) is 14.1. The van der Waals surface area contributed by atoms with Crippen LogP contribution in [0.1, 0.15) is 23.0 Å². The maximum atomic E-state index is 13.3. The molecule has 160 valence electrons. The van der Waals surface area contributed by atoms with Gasteiger partial charge in [-0.2, -0.15) is 26.3 Å². The highest BCUT2D eigenvalue weighted by Crippen LogP contribution is 2.38. The van der Waals surface area contributed by atoms with Crippen molar-refractivity contribution in [1.82, 2.24) is 10.3 Å².